The van der Waals surface area contributed by atoms with Crippen LogP contribution in [-0.4, -0.2) is 40.5 Å². The molecule has 34 heavy (non-hydrogen) atoms. The molecule has 0 bridgehead atoms. The number of rotatable bonds is 5. The Morgan fingerprint density at radius 2 is 2.00 bits per heavy atom. The molecular formula is C26H27ClF2N2O3. The van der Waals surface area contributed by atoms with Crippen molar-refractivity contribution in [3.8, 4) is 5.75 Å². The van der Waals surface area contributed by atoms with Crippen LogP contribution in [0.15, 0.2) is 36.5 Å². The zero-order valence-electron chi connectivity index (χ0n) is 19.1. The van der Waals surface area contributed by atoms with E-state index in [1.54, 1.807) is 25.4 Å². The molecule has 5 rings (SSSR count). The highest BCUT2D eigenvalue weighted by atomic mass is 35.5. The van der Waals surface area contributed by atoms with Crippen molar-refractivity contribution >= 4 is 28.5 Å². The third kappa shape index (κ3) is 3.95. The number of piperidine rings is 1. The van der Waals surface area contributed by atoms with Gasteiger partial charge in [-0.1, -0.05) is 23.7 Å². The van der Waals surface area contributed by atoms with Gasteiger partial charge in [-0.25, -0.2) is 13.6 Å². The summed E-state index contributed by atoms with van der Waals surface area (Å²) in [7, 11) is 1.63. The molecular weight excluding hydrogens is 462 g/mol. The van der Waals surface area contributed by atoms with Gasteiger partial charge in [-0.2, -0.15) is 0 Å². The summed E-state index contributed by atoms with van der Waals surface area (Å²) in [6.07, 6.45) is 2.90. The van der Waals surface area contributed by atoms with Gasteiger partial charge in [0.1, 0.15) is 5.75 Å². The lowest BCUT2D eigenvalue weighted by Gasteiger charge is -2.54. The molecule has 5 nitrogen and oxygen atoms in total. The van der Waals surface area contributed by atoms with Crippen LogP contribution in [0.2, 0.25) is 5.02 Å². The first-order valence-corrected chi connectivity index (χ1v) is 11.8. The number of halogens is 3. The average Bonchev–Trinajstić information content (AvgIpc) is 3.17. The highest BCUT2D eigenvalue weighted by Gasteiger charge is 2.58. The van der Waals surface area contributed by atoms with Gasteiger partial charge in [0.05, 0.1) is 23.2 Å². The number of methoxy groups -OCH3 is 1. The Balaban J connectivity index is 1.53. The quantitative estimate of drug-likeness (QED) is 0.425. The molecule has 2 N–H and O–H groups in total. The second kappa shape index (κ2) is 8.24. The van der Waals surface area contributed by atoms with E-state index in [-0.39, 0.29) is 29.9 Å². The Morgan fingerprint density at radius 1 is 1.29 bits per heavy atom. The second-order valence-corrected chi connectivity index (χ2v) is 10.2. The third-order valence-corrected chi connectivity index (χ3v) is 7.86. The van der Waals surface area contributed by atoms with E-state index in [0.29, 0.717) is 31.0 Å². The van der Waals surface area contributed by atoms with Crippen LogP contribution in [0.4, 0.5) is 8.78 Å². The molecule has 3 aromatic rings. The Morgan fingerprint density at radius 3 is 2.62 bits per heavy atom. The van der Waals surface area contributed by atoms with Crippen molar-refractivity contribution in [2.75, 3.05) is 13.7 Å². The number of likely N-dealkylation sites (tertiary alicyclic amines) is 1. The van der Waals surface area contributed by atoms with E-state index in [2.05, 4.69) is 9.88 Å². The molecule has 2 fully saturated rings. The number of carbonyl (C=O) groups is 1. The number of nitrogens with zero attached hydrogens (tertiary/aromatic N) is 1. The second-order valence-electron chi connectivity index (χ2n) is 9.84. The number of carboxylic acid groups (broad SMARTS) is 1. The number of aryl methyl sites for hydroxylation is 1. The summed E-state index contributed by atoms with van der Waals surface area (Å²) in [6, 6.07) is 8.65. The normalized spacial score (nSPS) is 21.5. The van der Waals surface area contributed by atoms with Crippen molar-refractivity contribution in [2.45, 2.75) is 51.1 Å². The topological polar surface area (TPSA) is 65.6 Å². The van der Waals surface area contributed by atoms with E-state index in [1.165, 1.54) is 0 Å². The van der Waals surface area contributed by atoms with Crippen molar-refractivity contribution in [2.24, 2.45) is 5.41 Å². The molecule has 1 saturated carbocycles. The molecule has 1 spiro atoms. The van der Waals surface area contributed by atoms with Gasteiger partial charge < -0.3 is 14.8 Å². The number of aromatic amines is 1. The van der Waals surface area contributed by atoms with Gasteiger partial charge in [0.25, 0.3) is 0 Å². The minimum atomic E-state index is -2.59. The van der Waals surface area contributed by atoms with Gasteiger partial charge in [0.15, 0.2) is 0 Å². The smallest absolute Gasteiger partial charge is 0.335 e. The number of aromatic nitrogens is 1. The summed E-state index contributed by atoms with van der Waals surface area (Å²) < 4.78 is 33.5. The van der Waals surface area contributed by atoms with Crippen LogP contribution in [0, 0.1) is 12.3 Å². The number of fused-ring (bicyclic) bond motifs is 1. The summed E-state index contributed by atoms with van der Waals surface area (Å²) >= 11 is 6.56. The van der Waals surface area contributed by atoms with E-state index < -0.39 is 11.9 Å². The zero-order valence-corrected chi connectivity index (χ0v) is 19.9. The molecule has 1 saturated heterocycles. The van der Waals surface area contributed by atoms with Crippen molar-refractivity contribution in [1.82, 2.24) is 9.88 Å². The Kier molecular flexibility index (Phi) is 5.60. The first-order chi connectivity index (χ1) is 16.1. The Hall–Kier alpha value is -2.64. The maximum atomic E-state index is 13.9. The fourth-order valence-corrected chi connectivity index (χ4v) is 6.20. The number of hydrogen-bond donors (Lipinski definition) is 2. The van der Waals surface area contributed by atoms with Crippen LogP contribution in [0.1, 0.15) is 58.8 Å². The van der Waals surface area contributed by atoms with E-state index in [9.17, 15) is 18.7 Å². The van der Waals surface area contributed by atoms with E-state index in [0.717, 1.165) is 33.3 Å². The molecule has 1 aromatic heterocycles. The lowest BCUT2D eigenvalue weighted by atomic mass is 9.59. The highest BCUT2D eigenvalue weighted by Crippen LogP contribution is 2.60. The molecule has 180 valence electrons. The molecule has 2 aliphatic rings. The SMILES string of the molecule is COc1cc(C)c2[nH]cc(Cl)c2c1CN1CCC2(C[C@@H]1c1ccc(C(=O)O)cc1)CC(F)(F)C2. The fraction of sp³-hybridized carbons (Fsp3) is 0.423. The van der Waals surface area contributed by atoms with Gasteiger partial charge in [-0.3, -0.25) is 4.90 Å². The summed E-state index contributed by atoms with van der Waals surface area (Å²) in [4.78, 5) is 16.9. The summed E-state index contributed by atoms with van der Waals surface area (Å²) in [5.41, 5.74) is 3.69. The number of nitrogens with one attached hydrogen (secondary N) is 1. The van der Waals surface area contributed by atoms with Gasteiger partial charge in [-0.15, -0.1) is 0 Å². The molecule has 1 aliphatic heterocycles. The van der Waals surface area contributed by atoms with Crippen LogP contribution in [0.25, 0.3) is 10.9 Å². The number of H-pyrrole nitrogens is 1. The van der Waals surface area contributed by atoms with Crippen molar-refractivity contribution in [3.63, 3.8) is 0 Å². The maximum Gasteiger partial charge on any atom is 0.335 e. The van der Waals surface area contributed by atoms with Crippen molar-refractivity contribution in [3.05, 3.63) is 63.8 Å². The largest absolute Gasteiger partial charge is 0.496 e. The highest BCUT2D eigenvalue weighted by molar-refractivity contribution is 6.36. The van der Waals surface area contributed by atoms with Crippen LogP contribution in [0.5, 0.6) is 5.75 Å². The number of hydrogen-bond acceptors (Lipinski definition) is 3. The molecule has 2 heterocycles. The lowest BCUT2D eigenvalue weighted by Crippen LogP contribution is -2.53. The van der Waals surface area contributed by atoms with Crippen LogP contribution in [0.3, 0.4) is 0 Å². The number of ether oxygens (including phenoxy) is 1. The third-order valence-electron chi connectivity index (χ3n) is 7.56. The standard InChI is InChI=1S/C26H27ClF2N2O3/c1-15-9-21(34-2)18(22-19(27)11-30-23(15)22)12-31-8-7-25(13-26(28,29)14-25)10-20(31)16-3-5-17(6-4-16)24(32)33/h3-6,9,11,20,30H,7-8,10,12-14H2,1-2H3,(H,32,33)/t20-/m1/s1. The van der Waals surface area contributed by atoms with Crippen molar-refractivity contribution < 1.29 is 23.4 Å². The predicted octanol–water partition coefficient (Wildman–Crippen LogP) is 6.59. The minimum Gasteiger partial charge on any atom is -0.496 e. The molecule has 1 aliphatic carbocycles. The van der Waals surface area contributed by atoms with Gasteiger partial charge in [0, 0.05) is 42.6 Å². The van der Waals surface area contributed by atoms with Crippen LogP contribution >= 0.6 is 11.6 Å². The molecule has 1 atom stereocenters. The average molecular weight is 489 g/mol. The van der Waals surface area contributed by atoms with Crippen molar-refractivity contribution in [1.29, 1.82) is 0 Å². The summed E-state index contributed by atoms with van der Waals surface area (Å²) in [5.74, 6) is -2.84. The number of aromatic carboxylic acids is 1. The van der Waals surface area contributed by atoms with Crippen LogP contribution in [-0.2, 0) is 6.54 Å². The molecule has 8 heteroatoms. The van der Waals surface area contributed by atoms with Gasteiger partial charge in [-0.05, 0) is 61.1 Å². The molecule has 0 amide bonds. The number of alkyl halides is 2. The predicted molar refractivity (Wildman–Crippen MR) is 127 cm³/mol. The number of carboxylic acids is 1. The molecule has 0 unspecified atom stereocenters. The van der Waals surface area contributed by atoms with Crippen LogP contribution < -0.4 is 4.74 Å². The first kappa shape index (κ1) is 23.1. The van der Waals surface area contributed by atoms with Gasteiger partial charge in [0.2, 0.25) is 5.92 Å². The van der Waals surface area contributed by atoms with E-state index in [1.807, 2.05) is 25.1 Å². The Bertz CT molecular complexity index is 1250. The molecule has 0 radical (unpaired) electrons. The lowest BCUT2D eigenvalue weighted by molar-refractivity contribution is -0.186. The fourth-order valence-electron chi connectivity index (χ4n) is 5.94. The first-order valence-electron chi connectivity index (χ1n) is 11.4. The Labute approximate surface area is 201 Å². The maximum absolute atomic E-state index is 13.9. The zero-order chi connectivity index (χ0) is 24.3. The van der Waals surface area contributed by atoms with Gasteiger partial charge >= 0.3 is 5.97 Å². The monoisotopic (exact) mass is 488 g/mol. The van der Waals surface area contributed by atoms with E-state index >= 15 is 0 Å². The summed E-state index contributed by atoms with van der Waals surface area (Å²) in [5, 5.41) is 10.8. The summed E-state index contributed by atoms with van der Waals surface area (Å²) in [6.45, 7) is 3.19. The molecule has 2 aromatic carbocycles. The van der Waals surface area contributed by atoms with E-state index in [4.69, 9.17) is 16.3 Å². The minimum absolute atomic E-state index is 0.0840. The number of benzene rings is 2.